The number of hydrogen-bond donors (Lipinski definition) is 0. The van der Waals surface area contributed by atoms with Crippen molar-refractivity contribution in [3.05, 3.63) is 120 Å². The lowest BCUT2D eigenvalue weighted by Crippen LogP contribution is -2.22. The summed E-state index contributed by atoms with van der Waals surface area (Å²) in [5.74, 6) is 0.353. The quantitative estimate of drug-likeness (QED) is 0.533. The lowest BCUT2D eigenvalue weighted by molar-refractivity contribution is 0.774. The van der Waals surface area contributed by atoms with Crippen molar-refractivity contribution in [3.63, 3.8) is 0 Å². The minimum absolute atomic E-state index is 0.353. The summed E-state index contributed by atoms with van der Waals surface area (Å²) >= 11 is 0. The van der Waals surface area contributed by atoms with Crippen LogP contribution in [0.15, 0.2) is 115 Å². The van der Waals surface area contributed by atoms with Crippen LogP contribution in [0.4, 0.5) is 11.4 Å². The highest BCUT2D eigenvalue weighted by Gasteiger charge is 2.24. The summed E-state index contributed by atoms with van der Waals surface area (Å²) in [6, 6.07) is 32.0. The second-order valence-corrected chi connectivity index (χ2v) is 6.23. The van der Waals surface area contributed by atoms with E-state index in [9.17, 15) is 0 Å². The summed E-state index contributed by atoms with van der Waals surface area (Å²) in [6.45, 7) is 0. The second kappa shape index (κ2) is 7.23. The number of para-hydroxylation sites is 2. The summed E-state index contributed by atoms with van der Waals surface area (Å²) in [5, 5.41) is 0. The van der Waals surface area contributed by atoms with Crippen molar-refractivity contribution < 1.29 is 0 Å². The fourth-order valence-electron chi connectivity index (χ4n) is 3.44. The Bertz CT molecular complexity index is 824. The van der Waals surface area contributed by atoms with Crippen LogP contribution in [0.2, 0.25) is 0 Å². The van der Waals surface area contributed by atoms with E-state index in [1.54, 1.807) is 0 Å². The third-order valence-corrected chi connectivity index (χ3v) is 4.62. The van der Waals surface area contributed by atoms with Crippen molar-refractivity contribution >= 4 is 11.4 Å². The predicted molar refractivity (Wildman–Crippen MR) is 106 cm³/mol. The highest BCUT2D eigenvalue weighted by atomic mass is 15.2. The molecular weight excluding hydrogens is 302 g/mol. The van der Waals surface area contributed by atoms with Crippen molar-refractivity contribution in [1.29, 1.82) is 0 Å². The van der Waals surface area contributed by atoms with Crippen LogP contribution in [-0.4, -0.2) is 0 Å². The van der Waals surface area contributed by atoms with E-state index in [4.69, 9.17) is 0 Å². The van der Waals surface area contributed by atoms with E-state index in [-0.39, 0.29) is 0 Å². The first-order chi connectivity index (χ1) is 12.4. The molecular formula is C24H21N. The Hall–Kier alpha value is -3.06. The molecule has 3 aromatic carbocycles. The van der Waals surface area contributed by atoms with Gasteiger partial charge in [0, 0.05) is 23.0 Å². The molecule has 1 aliphatic rings. The maximum absolute atomic E-state index is 2.38. The second-order valence-electron chi connectivity index (χ2n) is 6.23. The molecule has 0 heterocycles. The van der Waals surface area contributed by atoms with Crippen molar-refractivity contribution in [2.75, 3.05) is 4.90 Å². The maximum Gasteiger partial charge on any atom is 0.0458 e. The molecule has 1 atom stereocenters. The number of rotatable bonds is 4. The number of hydrogen-bond acceptors (Lipinski definition) is 1. The SMILES string of the molecule is C1=CCC(c2ccccc2)C(N(c2ccccc2)c2ccccc2)=C1. The number of anilines is 2. The maximum atomic E-state index is 2.38. The Morgan fingerprint density at radius 2 is 1.16 bits per heavy atom. The number of nitrogens with zero attached hydrogens (tertiary/aromatic N) is 1. The van der Waals surface area contributed by atoms with Crippen LogP contribution in [0, 0.1) is 0 Å². The van der Waals surface area contributed by atoms with Crippen molar-refractivity contribution in [3.8, 4) is 0 Å². The fourth-order valence-corrected chi connectivity index (χ4v) is 3.44. The zero-order chi connectivity index (χ0) is 16.9. The fraction of sp³-hybridized carbons (Fsp3) is 0.0833. The lowest BCUT2D eigenvalue weighted by Gasteiger charge is -2.34. The molecule has 0 fully saturated rings. The summed E-state index contributed by atoms with van der Waals surface area (Å²) in [5.41, 5.74) is 5.05. The normalized spacial score (nSPS) is 16.3. The van der Waals surface area contributed by atoms with Crippen LogP contribution < -0.4 is 4.90 Å². The van der Waals surface area contributed by atoms with E-state index in [0.29, 0.717) is 5.92 Å². The first-order valence-electron chi connectivity index (χ1n) is 8.75. The Morgan fingerprint density at radius 1 is 0.640 bits per heavy atom. The van der Waals surface area contributed by atoms with Crippen LogP contribution in [0.25, 0.3) is 0 Å². The summed E-state index contributed by atoms with van der Waals surface area (Å²) < 4.78 is 0. The number of benzene rings is 3. The zero-order valence-electron chi connectivity index (χ0n) is 14.1. The van der Waals surface area contributed by atoms with Gasteiger partial charge in [-0.15, -0.1) is 0 Å². The van der Waals surface area contributed by atoms with Gasteiger partial charge >= 0.3 is 0 Å². The molecule has 1 unspecified atom stereocenters. The van der Waals surface area contributed by atoms with Crippen LogP contribution >= 0.6 is 0 Å². The van der Waals surface area contributed by atoms with E-state index in [0.717, 1.165) is 6.42 Å². The molecule has 0 aromatic heterocycles. The molecule has 0 amide bonds. The van der Waals surface area contributed by atoms with Gasteiger partial charge in [0.2, 0.25) is 0 Å². The van der Waals surface area contributed by atoms with Crippen molar-refractivity contribution in [1.82, 2.24) is 0 Å². The van der Waals surface area contributed by atoms with Gasteiger partial charge in [-0.1, -0.05) is 78.9 Å². The Kier molecular flexibility index (Phi) is 4.47. The van der Waals surface area contributed by atoms with Crippen LogP contribution in [-0.2, 0) is 0 Å². The van der Waals surface area contributed by atoms with E-state index in [1.165, 1.54) is 22.6 Å². The third-order valence-electron chi connectivity index (χ3n) is 4.62. The van der Waals surface area contributed by atoms with Gasteiger partial charge in [-0.3, -0.25) is 0 Å². The molecule has 0 radical (unpaired) electrons. The average molecular weight is 323 g/mol. The van der Waals surface area contributed by atoms with Crippen molar-refractivity contribution in [2.24, 2.45) is 0 Å². The van der Waals surface area contributed by atoms with Crippen molar-refractivity contribution in [2.45, 2.75) is 12.3 Å². The Morgan fingerprint density at radius 3 is 1.72 bits per heavy atom. The van der Waals surface area contributed by atoms with Gasteiger partial charge in [0.25, 0.3) is 0 Å². The van der Waals surface area contributed by atoms with Gasteiger partial charge in [-0.05, 0) is 42.3 Å². The summed E-state index contributed by atoms with van der Waals surface area (Å²) in [4.78, 5) is 2.38. The monoisotopic (exact) mass is 323 g/mol. The molecule has 1 nitrogen and oxygen atoms in total. The van der Waals surface area contributed by atoms with E-state index in [2.05, 4.69) is 114 Å². The number of allylic oxidation sites excluding steroid dienone is 4. The van der Waals surface area contributed by atoms with Gasteiger partial charge in [0.1, 0.15) is 0 Å². The first-order valence-corrected chi connectivity index (χ1v) is 8.75. The first kappa shape index (κ1) is 15.5. The molecule has 3 aromatic rings. The highest BCUT2D eigenvalue weighted by molar-refractivity contribution is 5.70. The molecule has 122 valence electrons. The van der Waals surface area contributed by atoms with Gasteiger partial charge < -0.3 is 4.90 Å². The molecule has 0 saturated carbocycles. The van der Waals surface area contributed by atoms with Gasteiger partial charge in [0.15, 0.2) is 0 Å². The minimum Gasteiger partial charge on any atom is -0.314 e. The predicted octanol–water partition coefficient (Wildman–Crippen LogP) is 6.45. The topological polar surface area (TPSA) is 3.24 Å². The third kappa shape index (κ3) is 3.27. The average Bonchev–Trinajstić information content (AvgIpc) is 2.71. The molecule has 0 spiro atoms. The van der Waals surface area contributed by atoms with Crippen LogP contribution in [0.3, 0.4) is 0 Å². The lowest BCUT2D eigenvalue weighted by atomic mass is 9.88. The summed E-state index contributed by atoms with van der Waals surface area (Å²) in [7, 11) is 0. The smallest absolute Gasteiger partial charge is 0.0458 e. The Balaban J connectivity index is 1.83. The van der Waals surface area contributed by atoms with Gasteiger partial charge in [-0.25, -0.2) is 0 Å². The standard InChI is InChI=1S/C24H21N/c1-4-12-20(13-5-1)23-18-10-11-19-24(23)25(21-14-6-2-7-15-21)22-16-8-3-9-17-22/h1-17,19,23H,18H2. The molecule has 25 heavy (non-hydrogen) atoms. The zero-order valence-corrected chi connectivity index (χ0v) is 14.1. The van der Waals surface area contributed by atoms with E-state index < -0.39 is 0 Å². The summed E-state index contributed by atoms with van der Waals surface area (Å²) in [6.07, 6.45) is 7.70. The Labute approximate surface area is 149 Å². The molecule has 0 aliphatic heterocycles. The van der Waals surface area contributed by atoms with E-state index >= 15 is 0 Å². The van der Waals surface area contributed by atoms with E-state index in [1.807, 2.05) is 0 Å². The molecule has 0 bridgehead atoms. The van der Waals surface area contributed by atoms with Gasteiger partial charge in [0.05, 0.1) is 0 Å². The molecule has 0 N–H and O–H groups in total. The molecule has 1 heteroatoms. The van der Waals surface area contributed by atoms with Gasteiger partial charge in [-0.2, -0.15) is 0 Å². The van der Waals surface area contributed by atoms with Crippen LogP contribution in [0.1, 0.15) is 17.9 Å². The van der Waals surface area contributed by atoms with Crippen LogP contribution in [0.5, 0.6) is 0 Å². The highest BCUT2D eigenvalue weighted by Crippen LogP contribution is 2.40. The molecule has 0 saturated heterocycles. The minimum atomic E-state index is 0.353. The molecule has 4 rings (SSSR count). The molecule has 1 aliphatic carbocycles. The largest absolute Gasteiger partial charge is 0.314 e.